The molecule has 2 aromatic rings. The molecule has 24 heavy (non-hydrogen) atoms. The van der Waals surface area contributed by atoms with Gasteiger partial charge in [0.05, 0.1) is 6.42 Å². The van der Waals surface area contributed by atoms with E-state index >= 15 is 0 Å². The van der Waals surface area contributed by atoms with Crippen molar-refractivity contribution in [3.05, 3.63) is 46.2 Å². The second-order valence-electron chi connectivity index (χ2n) is 5.45. The van der Waals surface area contributed by atoms with Crippen molar-refractivity contribution in [1.29, 1.82) is 0 Å². The number of ether oxygens (including phenoxy) is 2. The second-order valence-corrected chi connectivity index (χ2v) is 6.48. The predicted molar refractivity (Wildman–Crippen MR) is 90.0 cm³/mol. The highest BCUT2D eigenvalue weighted by Gasteiger charge is 2.17. The highest BCUT2D eigenvalue weighted by molar-refractivity contribution is 7.10. The Kier molecular flexibility index (Phi) is 5.00. The maximum Gasteiger partial charge on any atom is 0.242 e. The van der Waals surface area contributed by atoms with E-state index in [2.05, 4.69) is 10.6 Å². The zero-order chi connectivity index (χ0) is 16.9. The number of carbonyl (C=O) groups is 2. The molecular weight excluding hydrogens is 328 g/mol. The first kappa shape index (κ1) is 16.3. The molecule has 0 spiro atoms. The van der Waals surface area contributed by atoms with Crippen molar-refractivity contribution in [2.24, 2.45) is 0 Å². The SMILES string of the molecule is C[C@@H](NC(=O)Cc1cccs1)C(=O)NCc1ccc2c(c1)OCO2. The van der Waals surface area contributed by atoms with E-state index < -0.39 is 6.04 Å². The fraction of sp³-hybridized carbons (Fsp3) is 0.294. The molecular formula is C17H18N2O4S. The number of rotatable bonds is 6. The summed E-state index contributed by atoms with van der Waals surface area (Å²) >= 11 is 1.52. The molecule has 0 unspecified atom stereocenters. The highest BCUT2D eigenvalue weighted by atomic mass is 32.1. The summed E-state index contributed by atoms with van der Waals surface area (Å²) < 4.78 is 10.6. The van der Waals surface area contributed by atoms with Gasteiger partial charge < -0.3 is 20.1 Å². The van der Waals surface area contributed by atoms with Crippen LogP contribution in [-0.2, 0) is 22.6 Å². The molecule has 3 rings (SSSR count). The minimum absolute atomic E-state index is 0.164. The van der Waals surface area contributed by atoms with Crippen LogP contribution in [0.3, 0.4) is 0 Å². The average molecular weight is 346 g/mol. The molecule has 7 heteroatoms. The molecule has 6 nitrogen and oxygen atoms in total. The first-order valence-corrected chi connectivity index (χ1v) is 8.48. The van der Waals surface area contributed by atoms with Gasteiger partial charge in [-0.2, -0.15) is 0 Å². The van der Waals surface area contributed by atoms with E-state index in [0.717, 1.165) is 10.4 Å². The van der Waals surface area contributed by atoms with Crippen LogP contribution >= 0.6 is 11.3 Å². The van der Waals surface area contributed by atoms with Crippen molar-refractivity contribution in [3.63, 3.8) is 0 Å². The number of benzene rings is 1. The van der Waals surface area contributed by atoms with Gasteiger partial charge in [0.2, 0.25) is 18.6 Å². The number of hydrogen-bond acceptors (Lipinski definition) is 5. The summed E-state index contributed by atoms with van der Waals surface area (Å²) in [5.74, 6) is 0.994. The third-order valence-corrected chi connectivity index (χ3v) is 4.47. The molecule has 2 amide bonds. The average Bonchev–Trinajstić information content (AvgIpc) is 3.23. The fourth-order valence-electron chi connectivity index (χ4n) is 2.32. The van der Waals surface area contributed by atoms with Gasteiger partial charge in [-0.1, -0.05) is 12.1 Å². The van der Waals surface area contributed by atoms with Gasteiger partial charge in [0.25, 0.3) is 0 Å². The van der Waals surface area contributed by atoms with Crippen molar-refractivity contribution in [1.82, 2.24) is 10.6 Å². The first-order chi connectivity index (χ1) is 11.6. The van der Waals surface area contributed by atoms with Gasteiger partial charge in [0, 0.05) is 11.4 Å². The summed E-state index contributed by atoms with van der Waals surface area (Å²) in [4.78, 5) is 25.0. The van der Waals surface area contributed by atoms with Crippen molar-refractivity contribution in [2.75, 3.05) is 6.79 Å². The summed E-state index contributed by atoms with van der Waals surface area (Å²) in [6.07, 6.45) is 0.289. The van der Waals surface area contributed by atoms with Gasteiger partial charge in [-0.3, -0.25) is 9.59 Å². The van der Waals surface area contributed by atoms with Crippen LogP contribution in [0.15, 0.2) is 35.7 Å². The van der Waals surface area contributed by atoms with E-state index in [0.29, 0.717) is 18.0 Å². The minimum atomic E-state index is -0.591. The summed E-state index contributed by atoms with van der Waals surface area (Å²) in [6, 6.07) is 8.72. The molecule has 1 aliphatic rings. The summed E-state index contributed by atoms with van der Waals surface area (Å²) in [7, 11) is 0. The lowest BCUT2D eigenvalue weighted by Gasteiger charge is -2.14. The molecule has 0 radical (unpaired) electrons. The molecule has 1 atom stereocenters. The Hall–Kier alpha value is -2.54. The van der Waals surface area contributed by atoms with Crippen LogP contribution in [0, 0.1) is 0 Å². The van der Waals surface area contributed by atoms with Gasteiger partial charge in [0.1, 0.15) is 6.04 Å². The monoisotopic (exact) mass is 346 g/mol. The van der Waals surface area contributed by atoms with Crippen LogP contribution in [0.4, 0.5) is 0 Å². The third kappa shape index (κ3) is 4.05. The topological polar surface area (TPSA) is 76.7 Å². The Balaban J connectivity index is 1.46. The van der Waals surface area contributed by atoms with Crippen LogP contribution in [0.5, 0.6) is 11.5 Å². The predicted octanol–water partition coefficient (Wildman–Crippen LogP) is 1.84. The van der Waals surface area contributed by atoms with Crippen LogP contribution in [-0.4, -0.2) is 24.6 Å². The van der Waals surface area contributed by atoms with Crippen LogP contribution in [0.2, 0.25) is 0 Å². The summed E-state index contributed by atoms with van der Waals surface area (Å²) in [6.45, 7) is 2.25. The quantitative estimate of drug-likeness (QED) is 0.837. The standard InChI is InChI=1S/C17H18N2O4S/c1-11(19-16(20)8-13-3-2-6-24-13)17(21)18-9-12-4-5-14-15(7-12)23-10-22-14/h2-7,11H,8-10H2,1H3,(H,18,21)(H,19,20)/t11-/m1/s1. The van der Waals surface area contributed by atoms with E-state index in [1.165, 1.54) is 11.3 Å². The largest absolute Gasteiger partial charge is 0.454 e. The van der Waals surface area contributed by atoms with E-state index in [1.807, 2.05) is 35.7 Å². The zero-order valence-corrected chi connectivity index (χ0v) is 14.0. The van der Waals surface area contributed by atoms with Gasteiger partial charge in [-0.15, -0.1) is 11.3 Å². The van der Waals surface area contributed by atoms with Crippen molar-refractivity contribution in [2.45, 2.75) is 25.9 Å². The number of hydrogen-bond donors (Lipinski definition) is 2. The van der Waals surface area contributed by atoms with Crippen LogP contribution in [0.25, 0.3) is 0 Å². The molecule has 2 N–H and O–H groups in total. The van der Waals surface area contributed by atoms with Crippen LogP contribution < -0.4 is 20.1 Å². The second kappa shape index (κ2) is 7.35. The maximum absolute atomic E-state index is 12.1. The molecule has 1 aromatic heterocycles. The number of amides is 2. The van der Waals surface area contributed by atoms with Crippen molar-refractivity contribution in [3.8, 4) is 11.5 Å². The van der Waals surface area contributed by atoms with E-state index in [4.69, 9.17) is 9.47 Å². The fourth-order valence-corrected chi connectivity index (χ4v) is 3.03. The van der Waals surface area contributed by atoms with Gasteiger partial charge in [-0.05, 0) is 36.1 Å². The molecule has 1 aliphatic heterocycles. The number of thiophene rings is 1. The Labute approximate surface area is 143 Å². The molecule has 0 aliphatic carbocycles. The van der Waals surface area contributed by atoms with E-state index in [-0.39, 0.29) is 25.0 Å². The minimum Gasteiger partial charge on any atom is -0.454 e. The lowest BCUT2D eigenvalue weighted by atomic mass is 10.2. The number of nitrogens with one attached hydrogen (secondary N) is 2. The molecule has 0 saturated carbocycles. The number of fused-ring (bicyclic) bond motifs is 1. The molecule has 0 saturated heterocycles. The smallest absolute Gasteiger partial charge is 0.242 e. The van der Waals surface area contributed by atoms with Crippen molar-refractivity contribution < 1.29 is 19.1 Å². The highest BCUT2D eigenvalue weighted by Crippen LogP contribution is 2.32. The van der Waals surface area contributed by atoms with E-state index in [1.54, 1.807) is 6.92 Å². The lowest BCUT2D eigenvalue weighted by molar-refractivity contribution is -0.128. The molecule has 0 bridgehead atoms. The Morgan fingerprint density at radius 2 is 2.08 bits per heavy atom. The van der Waals surface area contributed by atoms with Gasteiger partial charge in [-0.25, -0.2) is 0 Å². The number of carbonyl (C=O) groups excluding carboxylic acids is 2. The third-order valence-electron chi connectivity index (χ3n) is 3.59. The molecule has 2 heterocycles. The Bertz CT molecular complexity index is 730. The van der Waals surface area contributed by atoms with Crippen LogP contribution in [0.1, 0.15) is 17.4 Å². The first-order valence-electron chi connectivity index (χ1n) is 7.60. The normalized spacial score (nSPS) is 13.4. The van der Waals surface area contributed by atoms with Gasteiger partial charge in [0.15, 0.2) is 11.5 Å². The molecule has 1 aromatic carbocycles. The Morgan fingerprint density at radius 3 is 2.88 bits per heavy atom. The summed E-state index contributed by atoms with van der Waals surface area (Å²) in [5, 5.41) is 7.43. The van der Waals surface area contributed by atoms with E-state index in [9.17, 15) is 9.59 Å². The van der Waals surface area contributed by atoms with Crippen molar-refractivity contribution >= 4 is 23.2 Å². The molecule has 0 fully saturated rings. The zero-order valence-electron chi connectivity index (χ0n) is 13.2. The lowest BCUT2D eigenvalue weighted by Crippen LogP contribution is -2.45. The summed E-state index contributed by atoms with van der Waals surface area (Å²) in [5.41, 5.74) is 0.907. The maximum atomic E-state index is 12.1. The molecule has 126 valence electrons. The Morgan fingerprint density at radius 1 is 1.25 bits per heavy atom. The van der Waals surface area contributed by atoms with Gasteiger partial charge >= 0.3 is 0 Å².